The first-order valence-corrected chi connectivity index (χ1v) is 9.91. The maximum absolute atomic E-state index is 12.4. The summed E-state index contributed by atoms with van der Waals surface area (Å²) in [7, 11) is 3.42. The summed E-state index contributed by atoms with van der Waals surface area (Å²) >= 11 is 1.76. The fourth-order valence-electron chi connectivity index (χ4n) is 2.59. The van der Waals surface area contributed by atoms with Crippen LogP contribution in [0.2, 0.25) is 0 Å². The van der Waals surface area contributed by atoms with Crippen LogP contribution >= 0.6 is 11.8 Å². The fourth-order valence-corrected chi connectivity index (χ4v) is 3.47. The van der Waals surface area contributed by atoms with Crippen LogP contribution in [0.1, 0.15) is 26.3 Å². The van der Waals surface area contributed by atoms with Gasteiger partial charge in [-0.15, -0.1) is 11.8 Å². The third-order valence-corrected chi connectivity index (χ3v) is 5.24. The molecule has 5 heteroatoms. The Morgan fingerprint density at radius 2 is 1.43 bits per heavy atom. The zero-order valence-electron chi connectivity index (χ0n) is 15.9. The van der Waals surface area contributed by atoms with Gasteiger partial charge < -0.3 is 10.2 Å². The Hall–Kier alpha value is -3.05. The quantitative estimate of drug-likeness (QED) is 0.607. The molecule has 3 rings (SSSR count). The van der Waals surface area contributed by atoms with Gasteiger partial charge in [-0.1, -0.05) is 30.3 Å². The molecule has 1 N–H and O–H groups in total. The minimum Gasteiger partial charge on any atom is -0.345 e. The van der Waals surface area contributed by atoms with E-state index in [0.717, 1.165) is 11.3 Å². The highest BCUT2D eigenvalue weighted by Gasteiger charge is 2.09. The molecule has 28 heavy (non-hydrogen) atoms. The van der Waals surface area contributed by atoms with Crippen molar-refractivity contribution in [3.05, 3.63) is 95.6 Å². The van der Waals surface area contributed by atoms with Gasteiger partial charge in [-0.3, -0.25) is 9.59 Å². The number of carbonyl (C=O) groups excluding carboxylic acids is 2. The summed E-state index contributed by atoms with van der Waals surface area (Å²) in [6.45, 7) is 0. The van der Waals surface area contributed by atoms with Gasteiger partial charge in [0.25, 0.3) is 11.8 Å². The summed E-state index contributed by atoms with van der Waals surface area (Å²) in [6.07, 6.45) is 0. The number of amides is 2. The van der Waals surface area contributed by atoms with E-state index in [2.05, 4.69) is 17.4 Å². The molecule has 0 bridgehead atoms. The number of carbonyl (C=O) groups is 2. The maximum Gasteiger partial charge on any atom is 0.255 e. The lowest BCUT2D eigenvalue weighted by Crippen LogP contribution is -2.21. The summed E-state index contributed by atoms with van der Waals surface area (Å²) < 4.78 is 0. The monoisotopic (exact) mass is 390 g/mol. The number of anilines is 1. The van der Waals surface area contributed by atoms with E-state index in [4.69, 9.17) is 0 Å². The van der Waals surface area contributed by atoms with Gasteiger partial charge in [-0.05, 0) is 54.1 Å². The van der Waals surface area contributed by atoms with Crippen LogP contribution in [0.5, 0.6) is 0 Å². The van der Waals surface area contributed by atoms with Gasteiger partial charge >= 0.3 is 0 Å². The normalized spacial score (nSPS) is 10.4. The molecule has 0 spiro atoms. The van der Waals surface area contributed by atoms with Crippen LogP contribution in [0, 0.1) is 0 Å². The first-order valence-electron chi connectivity index (χ1n) is 8.93. The number of nitrogens with one attached hydrogen (secondary N) is 1. The molecule has 3 aromatic rings. The van der Waals surface area contributed by atoms with E-state index in [-0.39, 0.29) is 11.8 Å². The van der Waals surface area contributed by atoms with Gasteiger partial charge in [-0.2, -0.15) is 0 Å². The Kier molecular flexibility index (Phi) is 6.50. The number of hydrogen-bond donors (Lipinski definition) is 1. The van der Waals surface area contributed by atoms with Crippen molar-refractivity contribution in [2.24, 2.45) is 0 Å². The Bertz CT molecular complexity index is 937. The average Bonchev–Trinajstić information content (AvgIpc) is 2.73. The SMILES string of the molecule is CN(C)C(=O)c1ccc(NC(=O)c2ccc(CSc3ccccc3)cc2)cc1. The molecule has 0 aliphatic carbocycles. The Balaban J connectivity index is 1.58. The lowest BCUT2D eigenvalue weighted by molar-refractivity contribution is 0.0827. The van der Waals surface area contributed by atoms with Crippen LogP contribution in [-0.4, -0.2) is 30.8 Å². The maximum atomic E-state index is 12.4. The predicted octanol–water partition coefficient (Wildman–Crippen LogP) is 4.93. The standard InChI is InChI=1S/C23H22N2O2S/c1-25(2)23(27)19-12-14-20(15-13-19)24-22(26)18-10-8-17(9-11-18)16-28-21-6-4-3-5-7-21/h3-15H,16H2,1-2H3,(H,24,26). The molecule has 0 unspecified atom stereocenters. The molecule has 0 atom stereocenters. The second kappa shape index (κ2) is 9.24. The summed E-state index contributed by atoms with van der Waals surface area (Å²) in [5.74, 6) is 0.614. The van der Waals surface area contributed by atoms with Crippen molar-refractivity contribution in [2.75, 3.05) is 19.4 Å². The molecule has 0 radical (unpaired) electrons. The highest BCUT2D eigenvalue weighted by molar-refractivity contribution is 7.98. The highest BCUT2D eigenvalue weighted by Crippen LogP contribution is 2.22. The third-order valence-electron chi connectivity index (χ3n) is 4.16. The van der Waals surface area contributed by atoms with Crippen molar-refractivity contribution >= 4 is 29.3 Å². The largest absolute Gasteiger partial charge is 0.345 e. The van der Waals surface area contributed by atoms with Crippen molar-refractivity contribution in [3.63, 3.8) is 0 Å². The van der Waals surface area contributed by atoms with Crippen LogP contribution in [0.4, 0.5) is 5.69 Å². The third kappa shape index (κ3) is 5.24. The Labute approximate surface area is 169 Å². The first kappa shape index (κ1) is 19.7. The van der Waals surface area contributed by atoms with Crippen LogP contribution in [0.25, 0.3) is 0 Å². The van der Waals surface area contributed by atoms with Gasteiger partial charge in [0.05, 0.1) is 0 Å². The van der Waals surface area contributed by atoms with Gasteiger partial charge in [0, 0.05) is 41.6 Å². The Morgan fingerprint density at radius 1 is 0.821 bits per heavy atom. The van der Waals surface area contributed by atoms with Crippen molar-refractivity contribution in [3.8, 4) is 0 Å². The molecule has 0 saturated heterocycles. The van der Waals surface area contributed by atoms with Crippen LogP contribution in [-0.2, 0) is 5.75 Å². The van der Waals surface area contributed by atoms with E-state index in [1.807, 2.05) is 42.5 Å². The molecule has 0 aromatic heterocycles. The van der Waals surface area contributed by atoms with E-state index < -0.39 is 0 Å². The molecule has 4 nitrogen and oxygen atoms in total. The Morgan fingerprint density at radius 3 is 2.04 bits per heavy atom. The molecule has 0 fully saturated rings. The van der Waals surface area contributed by atoms with Crippen molar-refractivity contribution in [1.82, 2.24) is 4.90 Å². The van der Waals surface area contributed by atoms with Crippen molar-refractivity contribution in [1.29, 1.82) is 0 Å². The van der Waals surface area contributed by atoms with Crippen molar-refractivity contribution < 1.29 is 9.59 Å². The number of nitrogens with zero attached hydrogens (tertiary/aromatic N) is 1. The molecular formula is C23H22N2O2S. The van der Waals surface area contributed by atoms with Crippen LogP contribution in [0.15, 0.2) is 83.8 Å². The molecule has 0 heterocycles. The summed E-state index contributed by atoms with van der Waals surface area (Å²) in [6, 6.07) is 24.7. The van der Waals surface area contributed by atoms with Gasteiger partial charge in [-0.25, -0.2) is 0 Å². The summed E-state index contributed by atoms with van der Waals surface area (Å²) in [5, 5.41) is 2.86. The minimum absolute atomic E-state index is 0.0677. The van der Waals surface area contributed by atoms with E-state index in [1.54, 1.807) is 50.1 Å². The fraction of sp³-hybridized carbons (Fsp3) is 0.130. The minimum atomic E-state index is -0.172. The van der Waals surface area contributed by atoms with E-state index in [0.29, 0.717) is 16.8 Å². The number of thioether (sulfide) groups is 1. The number of rotatable bonds is 6. The first-order chi connectivity index (χ1) is 13.5. The van der Waals surface area contributed by atoms with Gasteiger partial charge in [0.15, 0.2) is 0 Å². The summed E-state index contributed by atoms with van der Waals surface area (Å²) in [5.41, 5.74) is 3.01. The smallest absolute Gasteiger partial charge is 0.255 e. The number of hydrogen-bond acceptors (Lipinski definition) is 3. The zero-order valence-corrected chi connectivity index (χ0v) is 16.7. The average molecular weight is 391 g/mol. The van der Waals surface area contributed by atoms with E-state index in [9.17, 15) is 9.59 Å². The van der Waals surface area contributed by atoms with Crippen LogP contribution < -0.4 is 5.32 Å². The van der Waals surface area contributed by atoms with Crippen LogP contribution in [0.3, 0.4) is 0 Å². The lowest BCUT2D eigenvalue weighted by Gasteiger charge is -2.11. The molecule has 0 saturated carbocycles. The van der Waals surface area contributed by atoms with E-state index >= 15 is 0 Å². The lowest BCUT2D eigenvalue weighted by atomic mass is 10.1. The topological polar surface area (TPSA) is 49.4 Å². The predicted molar refractivity (Wildman–Crippen MR) is 115 cm³/mol. The van der Waals surface area contributed by atoms with E-state index in [1.165, 1.54) is 9.80 Å². The molecule has 3 aromatic carbocycles. The second-order valence-electron chi connectivity index (χ2n) is 6.53. The summed E-state index contributed by atoms with van der Waals surface area (Å²) in [4.78, 5) is 27.1. The highest BCUT2D eigenvalue weighted by atomic mass is 32.2. The molecule has 0 aliphatic heterocycles. The van der Waals surface area contributed by atoms with Crippen molar-refractivity contribution in [2.45, 2.75) is 10.6 Å². The van der Waals surface area contributed by atoms with Gasteiger partial charge in [0.1, 0.15) is 0 Å². The van der Waals surface area contributed by atoms with Gasteiger partial charge in [0.2, 0.25) is 0 Å². The zero-order chi connectivity index (χ0) is 19.9. The molecule has 142 valence electrons. The number of benzene rings is 3. The molecule has 2 amide bonds. The molecule has 0 aliphatic rings. The molecular weight excluding hydrogens is 368 g/mol. The second-order valence-corrected chi connectivity index (χ2v) is 7.58.